The molecule has 3 aliphatic rings. The number of hydrogen-bond acceptors (Lipinski definition) is 5. The summed E-state index contributed by atoms with van der Waals surface area (Å²) in [6.07, 6.45) is 3.05. The second-order valence-corrected chi connectivity index (χ2v) is 6.52. The molecule has 2 heterocycles. The van der Waals surface area contributed by atoms with E-state index < -0.39 is 5.91 Å². The highest BCUT2D eigenvalue weighted by molar-refractivity contribution is 6.09. The zero-order valence-electron chi connectivity index (χ0n) is 12.2. The van der Waals surface area contributed by atoms with E-state index in [1.54, 1.807) is 13.0 Å². The number of fused-ring (bicyclic) bond motifs is 5. The van der Waals surface area contributed by atoms with Crippen molar-refractivity contribution in [2.24, 2.45) is 23.7 Å². The maximum absolute atomic E-state index is 12.5. The van der Waals surface area contributed by atoms with E-state index >= 15 is 0 Å². The van der Waals surface area contributed by atoms with Crippen molar-refractivity contribution in [2.45, 2.75) is 26.2 Å². The van der Waals surface area contributed by atoms with Gasteiger partial charge in [-0.25, -0.2) is 0 Å². The number of anilines is 1. The maximum Gasteiger partial charge on any atom is 0.245 e. The molecule has 4 rings (SSSR count). The van der Waals surface area contributed by atoms with Crippen LogP contribution in [0.15, 0.2) is 10.6 Å². The van der Waals surface area contributed by atoms with Gasteiger partial charge in [0, 0.05) is 6.07 Å². The SMILES string of the molecule is Cc1cc(NC(=O)CN2C(=O)[C@H]3[C@@H]4CC[C@@H](C4)[C@@H]3C2=O)no1. The fourth-order valence-electron chi connectivity index (χ4n) is 4.38. The van der Waals surface area contributed by atoms with Gasteiger partial charge >= 0.3 is 0 Å². The van der Waals surface area contributed by atoms with Gasteiger partial charge in [0.2, 0.25) is 17.7 Å². The van der Waals surface area contributed by atoms with Gasteiger partial charge in [0.15, 0.2) is 5.82 Å². The second-order valence-electron chi connectivity index (χ2n) is 6.52. The van der Waals surface area contributed by atoms with Crippen molar-refractivity contribution in [1.82, 2.24) is 10.1 Å². The zero-order valence-corrected chi connectivity index (χ0v) is 12.2. The summed E-state index contributed by atoms with van der Waals surface area (Å²) >= 11 is 0. The lowest BCUT2D eigenvalue weighted by Gasteiger charge is -2.19. The molecule has 1 saturated heterocycles. The van der Waals surface area contributed by atoms with Crippen LogP contribution in [0, 0.1) is 30.6 Å². The van der Waals surface area contributed by atoms with E-state index in [1.807, 2.05) is 0 Å². The quantitative estimate of drug-likeness (QED) is 0.839. The van der Waals surface area contributed by atoms with Crippen molar-refractivity contribution in [3.05, 3.63) is 11.8 Å². The summed E-state index contributed by atoms with van der Waals surface area (Å²) in [5.74, 6) is 0.387. The highest BCUT2D eigenvalue weighted by Crippen LogP contribution is 2.55. The molecule has 0 spiro atoms. The molecule has 3 amide bonds. The van der Waals surface area contributed by atoms with Crippen LogP contribution in [0.3, 0.4) is 0 Å². The summed E-state index contributed by atoms with van der Waals surface area (Å²) in [6, 6.07) is 1.58. The number of nitrogens with zero attached hydrogens (tertiary/aromatic N) is 2. The van der Waals surface area contributed by atoms with Crippen LogP contribution in [0.25, 0.3) is 0 Å². The van der Waals surface area contributed by atoms with Crippen molar-refractivity contribution >= 4 is 23.5 Å². The Morgan fingerprint density at radius 3 is 2.50 bits per heavy atom. The van der Waals surface area contributed by atoms with E-state index in [0.717, 1.165) is 24.2 Å². The molecular weight excluding hydrogens is 286 g/mol. The average molecular weight is 303 g/mol. The van der Waals surface area contributed by atoms with E-state index in [2.05, 4.69) is 10.5 Å². The average Bonchev–Trinajstić information content (AvgIpc) is 3.21. The summed E-state index contributed by atoms with van der Waals surface area (Å²) in [5, 5.41) is 6.21. The number of imide groups is 1. The summed E-state index contributed by atoms with van der Waals surface area (Å²) in [6.45, 7) is 1.48. The van der Waals surface area contributed by atoms with Gasteiger partial charge in [-0.2, -0.15) is 0 Å². The van der Waals surface area contributed by atoms with Crippen LogP contribution in [0.4, 0.5) is 5.82 Å². The third-order valence-corrected chi connectivity index (χ3v) is 5.22. The number of carbonyl (C=O) groups excluding carboxylic acids is 3. The van der Waals surface area contributed by atoms with E-state index in [1.165, 1.54) is 0 Å². The fraction of sp³-hybridized carbons (Fsp3) is 0.600. The highest BCUT2D eigenvalue weighted by Gasteiger charge is 2.60. The highest BCUT2D eigenvalue weighted by atomic mass is 16.5. The predicted molar refractivity (Wildman–Crippen MR) is 74.4 cm³/mol. The normalized spacial score (nSPS) is 32.7. The Bertz CT molecular complexity index is 639. The third-order valence-electron chi connectivity index (χ3n) is 5.22. The first-order valence-corrected chi connectivity index (χ1v) is 7.63. The monoisotopic (exact) mass is 303 g/mol. The molecule has 7 heteroatoms. The minimum absolute atomic E-state index is 0.173. The van der Waals surface area contributed by atoms with Crippen LogP contribution < -0.4 is 5.32 Å². The number of aryl methyl sites for hydroxylation is 1. The Morgan fingerprint density at radius 2 is 1.95 bits per heavy atom. The second kappa shape index (κ2) is 4.66. The van der Waals surface area contributed by atoms with Crippen LogP contribution in [0.2, 0.25) is 0 Å². The number of hydrogen-bond donors (Lipinski definition) is 1. The Kier molecular flexibility index (Phi) is 2.85. The number of likely N-dealkylation sites (tertiary alicyclic amines) is 1. The molecular formula is C15H17N3O4. The van der Waals surface area contributed by atoms with E-state index in [0.29, 0.717) is 23.4 Å². The molecule has 22 heavy (non-hydrogen) atoms. The van der Waals surface area contributed by atoms with Crippen LogP contribution in [0.1, 0.15) is 25.0 Å². The van der Waals surface area contributed by atoms with Crippen molar-refractivity contribution < 1.29 is 18.9 Å². The van der Waals surface area contributed by atoms with Gasteiger partial charge in [0.05, 0.1) is 11.8 Å². The molecule has 116 valence electrons. The van der Waals surface area contributed by atoms with Crippen LogP contribution >= 0.6 is 0 Å². The molecule has 1 N–H and O–H groups in total. The largest absolute Gasteiger partial charge is 0.360 e. The number of carbonyl (C=O) groups is 3. The third kappa shape index (κ3) is 1.88. The molecule has 0 unspecified atom stereocenters. The molecule has 2 bridgehead atoms. The van der Waals surface area contributed by atoms with Crippen LogP contribution in [-0.4, -0.2) is 34.3 Å². The molecule has 1 aliphatic heterocycles. The molecule has 1 aromatic heterocycles. The van der Waals surface area contributed by atoms with Crippen molar-refractivity contribution in [3.8, 4) is 0 Å². The summed E-state index contributed by atoms with van der Waals surface area (Å²) in [7, 11) is 0. The van der Waals surface area contributed by atoms with Gasteiger partial charge in [-0.05, 0) is 38.0 Å². The van der Waals surface area contributed by atoms with Gasteiger partial charge in [-0.3, -0.25) is 19.3 Å². The minimum Gasteiger partial charge on any atom is -0.360 e. The number of nitrogens with one attached hydrogen (secondary N) is 1. The molecule has 0 radical (unpaired) electrons. The first-order chi connectivity index (χ1) is 10.5. The Labute approximate surface area is 127 Å². The van der Waals surface area contributed by atoms with Gasteiger partial charge in [0.25, 0.3) is 0 Å². The van der Waals surface area contributed by atoms with Crippen LogP contribution in [0.5, 0.6) is 0 Å². The van der Waals surface area contributed by atoms with Crippen molar-refractivity contribution in [3.63, 3.8) is 0 Å². The zero-order chi connectivity index (χ0) is 15.4. The smallest absolute Gasteiger partial charge is 0.245 e. The molecule has 2 saturated carbocycles. The van der Waals surface area contributed by atoms with E-state index in [-0.39, 0.29) is 30.2 Å². The molecule has 0 aromatic carbocycles. The van der Waals surface area contributed by atoms with Crippen LogP contribution in [-0.2, 0) is 14.4 Å². The number of amides is 3. The standard InChI is InChI=1S/C15H17N3O4/c1-7-4-10(17-22-7)16-11(19)6-18-14(20)12-8-2-3-9(5-8)13(12)15(18)21/h4,8-9,12-13H,2-3,5-6H2,1H3,(H,16,17,19)/t8-,9+,12-,13-/m0/s1. The van der Waals surface area contributed by atoms with Gasteiger partial charge < -0.3 is 9.84 Å². The lowest BCUT2D eigenvalue weighted by molar-refractivity contribution is -0.143. The molecule has 2 aliphatic carbocycles. The topological polar surface area (TPSA) is 92.5 Å². The Hall–Kier alpha value is -2.18. The Morgan fingerprint density at radius 1 is 1.32 bits per heavy atom. The fourth-order valence-corrected chi connectivity index (χ4v) is 4.38. The lowest BCUT2D eigenvalue weighted by atomic mass is 9.81. The first-order valence-electron chi connectivity index (χ1n) is 7.63. The molecule has 7 nitrogen and oxygen atoms in total. The summed E-state index contributed by atoms with van der Waals surface area (Å²) in [4.78, 5) is 38.1. The maximum atomic E-state index is 12.5. The number of aromatic nitrogens is 1. The number of rotatable bonds is 3. The Balaban J connectivity index is 1.46. The van der Waals surface area contributed by atoms with Crippen molar-refractivity contribution in [1.29, 1.82) is 0 Å². The van der Waals surface area contributed by atoms with Crippen molar-refractivity contribution in [2.75, 3.05) is 11.9 Å². The van der Waals surface area contributed by atoms with Gasteiger partial charge in [-0.1, -0.05) is 5.16 Å². The molecule has 1 aromatic rings. The first kappa shape index (κ1) is 13.5. The van der Waals surface area contributed by atoms with E-state index in [4.69, 9.17) is 4.52 Å². The lowest BCUT2D eigenvalue weighted by Crippen LogP contribution is -2.39. The molecule has 4 atom stereocenters. The van der Waals surface area contributed by atoms with Gasteiger partial charge in [0.1, 0.15) is 12.3 Å². The molecule has 3 fully saturated rings. The van der Waals surface area contributed by atoms with Gasteiger partial charge in [-0.15, -0.1) is 0 Å². The summed E-state index contributed by atoms with van der Waals surface area (Å²) in [5.41, 5.74) is 0. The minimum atomic E-state index is -0.428. The summed E-state index contributed by atoms with van der Waals surface area (Å²) < 4.78 is 4.86. The predicted octanol–water partition coefficient (Wildman–Crippen LogP) is 0.953. The van der Waals surface area contributed by atoms with E-state index in [9.17, 15) is 14.4 Å².